The molecule has 0 aliphatic carbocycles. The van der Waals surface area contributed by atoms with E-state index in [1.807, 2.05) is 16.7 Å². The van der Waals surface area contributed by atoms with Gasteiger partial charge in [0, 0.05) is 37.1 Å². The first-order valence-electron chi connectivity index (χ1n) is 5.95. The number of carbonyl (C=O) groups is 1. The van der Waals surface area contributed by atoms with E-state index >= 15 is 0 Å². The number of carbonyl (C=O) groups excluding carboxylic acids is 1. The van der Waals surface area contributed by atoms with E-state index in [4.69, 9.17) is 4.74 Å². The molecule has 0 radical (unpaired) electrons. The summed E-state index contributed by atoms with van der Waals surface area (Å²) in [5.41, 5.74) is 0. The number of nitrogens with one attached hydrogen (secondary N) is 1. The molecule has 16 heavy (non-hydrogen) atoms. The molecule has 92 valence electrons. The van der Waals surface area contributed by atoms with Crippen LogP contribution in [0.15, 0.2) is 0 Å². The van der Waals surface area contributed by atoms with E-state index < -0.39 is 0 Å². The number of hydrogen-bond acceptors (Lipinski definition) is 4. The summed E-state index contributed by atoms with van der Waals surface area (Å²) in [6.07, 6.45) is 0.636. The molecular weight excluding hydrogens is 224 g/mol. The number of amides is 1. The fourth-order valence-corrected chi connectivity index (χ4v) is 3.13. The Hall–Kier alpha value is -0.260. The van der Waals surface area contributed by atoms with E-state index in [9.17, 15) is 4.79 Å². The largest absolute Gasteiger partial charge is 0.377 e. The van der Waals surface area contributed by atoms with Gasteiger partial charge in [0.15, 0.2) is 0 Å². The van der Waals surface area contributed by atoms with Gasteiger partial charge in [-0.05, 0) is 6.92 Å². The minimum absolute atomic E-state index is 0.234. The highest BCUT2D eigenvalue weighted by Crippen LogP contribution is 2.14. The van der Waals surface area contributed by atoms with E-state index in [2.05, 4.69) is 12.2 Å². The molecule has 0 saturated carbocycles. The van der Waals surface area contributed by atoms with Gasteiger partial charge in [-0.3, -0.25) is 4.79 Å². The Kier molecular flexibility index (Phi) is 4.49. The molecule has 5 heteroatoms. The first-order valence-corrected chi connectivity index (χ1v) is 7.11. The summed E-state index contributed by atoms with van der Waals surface area (Å²) in [6.45, 7) is 5.20. The number of morpholine rings is 1. The molecule has 1 unspecified atom stereocenters. The second kappa shape index (κ2) is 5.89. The zero-order chi connectivity index (χ0) is 11.4. The molecular formula is C11H20N2O2S. The van der Waals surface area contributed by atoms with Crippen molar-refractivity contribution in [3.63, 3.8) is 0 Å². The van der Waals surface area contributed by atoms with Crippen molar-refractivity contribution in [3.8, 4) is 0 Å². The van der Waals surface area contributed by atoms with Crippen molar-refractivity contribution in [2.45, 2.75) is 25.4 Å². The molecule has 0 aromatic rings. The Morgan fingerprint density at radius 3 is 3.19 bits per heavy atom. The minimum atomic E-state index is 0.234. The average Bonchev–Trinajstić information content (AvgIpc) is 2.31. The maximum Gasteiger partial charge on any atom is 0.224 e. The third-order valence-corrected chi connectivity index (χ3v) is 4.24. The monoisotopic (exact) mass is 244 g/mol. The summed E-state index contributed by atoms with van der Waals surface area (Å²) in [6, 6.07) is 0.596. The smallest absolute Gasteiger partial charge is 0.224 e. The standard InChI is InChI=1S/C11H20N2O2S/c1-9-7-15-4-3-13(9)11(14)6-10-8-16-5-2-12-10/h9-10,12H,2-8H2,1H3/t9-,10?/m1/s1. The first-order chi connectivity index (χ1) is 7.77. The van der Waals surface area contributed by atoms with Gasteiger partial charge in [0.2, 0.25) is 5.91 Å². The SMILES string of the molecule is C[C@@H]1COCCN1C(=O)CC1CSCCN1. The predicted molar refractivity (Wildman–Crippen MR) is 65.7 cm³/mol. The highest BCUT2D eigenvalue weighted by molar-refractivity contribution is 7.99. The van der Waals surface area contributed by atoms with Gasteiger partial charge in [-0.25, -0.2) is 0 Å². The van der Waals surface area contributed by atoms with Crippen molar-refractivity contribution in [3.05, 3.63) is 0 Å². The van der Waals surface area contributed by atoms with Gasteiger partial charge in [0.25, 0.3) is 0 Å². The highest BCUT2D eigenvalue weighted by Gasteiger charge is 2.26. The molecule has 2 rings (SSSR count). The number of thioether (sulfide) groups is 1. The number of rotatable bonds is 2. The highest BCUT2D eigenvalue weighted by atomic mass is 32.2. The van der Waals surface area contributed by atoms with E-state index in [0.717, 1.165) is 18.8 Å². The maximum atomic E-state index is 12.1. The summed E-state index contributed by atoms with van der Waals surface area (Å²) in [7, 11) is 0. The summed E-state index contributed by atoms with van der Waals surface area (Å²) >= 11 is 1.93. The quantitative estimate of drug-likeness (QED) is 0.760. The average molecular weight is 244 g/mol. The van der Waals surface area contributed by atoms with Crippen molar-refractivity contribution < 1.29 is 9.53 Å². The van der Waals surface area contributed by atoms with Crippen LogP contribution in [0, 0.1) is 0 Å². The van der Waals surface area contributed by atoms with Crippen molar-refractivity contribution in [2.24, 2.45) is 0 Å². The van der Waals surface area contributed by atoms with Crippen molar-refractivity contribution in [1.82, 2.24) is 10.2 Å². The van der Waals surface area contributed by atoms with Crippen LogP contribution in [0.3, 0.4) is 0 Å². The fourth-order valence-electron chi connectivity index (χ4n) is 2.18. The Morgan fingerprint density at radius 2 is 2.50 bits per heavy atom. The van der Waals surface area contributed by atoms with Gasteiger partial charge in [-0.1, -0.05) is 0 Å². The van der Waals surface area contributed by atoms with Crippen LogP contribution in [0.25, 0.3) is 0 Å². The van der Waals surface area contributed by atoms with Crippen molar-refractivity contribution >= 4 is 17.7 Å². The zero-order valence-electron chi connectivity index (χ0n) is 9.78. The molecule has 1 N–H and O–H groups in total. The minimum Gasteiger partial charge on any atom is -0.377 e. The summed E-state index contributed by atoms with van der Waals surface area (Å²) < 4.78 is 5.34. The predicted octanol–water partition coefficient (Wildman–Crippen LogP) is 0.329. The number of ether oxygens (including phenoxy) is 1. The molecule has 2 fully saturated rings. The van der Waals surface area contributed by atoms with Gasteiger partial charge in [-0.2, -0.15) is 11.8 Å². The fraction of sp³-hybridized carbons (Fsp3) is 0.909. The van der Waals surface area contributed by atoms with Crippen LogP contribution in [-0.2, 0) is 9.53 Å². The molecule has 0 bridgehead atoms. The van der Waals surface area contributed by atoms with Crippen LogP contribution in [0.4, 0.5) is 0 Å². The lowest BCUT2D eigenvalue weighted by molar-refractivity contribution is -0.139. The summed E-state index contributed by atoms with van der Waals surface area (Å²) in [4.78, 5) is 14.1. The summed E-state index contributed by atoms with van der Waals surface area (Å²) in [5.74, 6) is 2.50. The topological polar surface area (TPSA) is 41.6 Å². The van der Waals surface area contributed by atoms with Crippen LogP contribution in [0.5, 0.6) is 0 Å². The molecule has 4 nitrogen and oxygen atoms in total. The lowest BCUT2D eigenvalue weighted by atomic mass is 10.1. The van der Waals surface area contributed by atoms with Gasteiger partial charge in [-0.15, -0.1) is 0 Å². The van der Waals surface area contributed by atoms with Crippen LogP contribution in [-0.4, -0.2) is 60.7 Å². The van der Waals surface area contributed by atoms with Crippen LogP contribution in [0.2, 0.25) is 0 Å². The van der Waals surface area contributed by atoms with Gasteiger partial charge in [0.05, 0.1) is 19.3 Å². The van der Waals surface area contributed by atoms with Gasteiger partial charge < -0.3 is 15.0 Å². The first kappa shape index (κ1) is 12.2. The third-order valence-electron chi connectivity index (χ3n) is 3.11. The molecule has 0 spiro atoms. The van der Waals surface area contributed by atoms with Crippen LogP contribution in [0.1, 0.15) is 13.3 Å². The molecule has 2 aliphatic heterocycles. The zero-order valence-corrected chi connectivity index (χ0v) is 10.6. The Balaban J connectivity index is 1.81. The second-order valence-electron chi connectivity index (χ2n) is 4.44. The van der Waals surface area contributed by atoms with Crippen LogP contribution >= 0.6 is 11.8 Å². The summed E-state index contributed by atoms with van der Waals surface area (Å²) in [5, 5.41) is 3.40. The molecule has 2 heterocycles. The molecule has 0 aromatic carbocycles. The van der Waals surface area contributed by atoms with Crippen molar-refractivity contribution in [1.29, 1.82) is 0 Å². The van der Waals surface area contributed by atoms with Gasteiger partial charge in [0.1, 0.15) is 0 Å². The molecule has 2 atom stereocenters. The van der Waals surface area contributed by atoms with E-state index in [0.29, 0.717) is 25.7 Å². The van der Waals surface area contributed by atoms with Crippen LogP contribution < -0.4 is 5.32 Å². The van der Waals surface area contributed by atoms with Gasteiger partial charge >= 0.3 is 0 Å². The lowest BCUT2D eigenvalue weighted by Crippen LogP contribution is -2.50. The Bertz CT molecular complexity index is 244. The maximum absolute atomic E-state index is 12.1. The van der Waals surface area contributed by atoms with E-state index in [1.54, 1.807) is 0 Å². The molecule has 0 aromatic heterocycles. The number of nitrogens with zero attached hydrogens (tertiary/aromatic N) is 1. The molecule has 1 amide bonds. The van der Waals surface area contributed by atoms with E-state index in [-0.39, 0.29) is 11.9 Å². The molecule has 2 aliphatic rings. The second-order valence-corrected chi connectivity index (χ2v) is 5.59. The third kappa shape index (κ3) is 3.12. The lowest BCUT2D eigenvalue weighted by Gasteiger charge is -2.34. The Morgan fingerprint density at radius 1 is 1.62 bits per heavy atom. The van der Waals surface area contributed by atoms with E-state index in [1.165, 1.54) is 5.75 Å². The molecule has 2 saturated heterocycles. The normalized spacial score (nSPS) is 31.4. The Labute approximate surface area is 101 Å². The number of hydrogen-bond donors (Lipinski definition) is 1. The van der Waals surface area contributed by atoms with Crippen molar-refractivity contribution in [2.75, 3.05) is 37.8 Å².